The maximum Gasteiger partial charge on any atom is 0.155 e. The summed E-state index contributed by atoms with van der Waals surface area (Å²) in [7, 11) is 1.64. The van der Waals surface area contributed by atoms with Crippen LogP contribution in [0.15, 0.2) is 78.8 Å². The molecule has 0 saturated carbocycles. The van der Waals surface area contributed by atoms with Gasteiger partial charge in [0.15, 0.2) is 5.76 Å². The van der Waals surface area contributed by atoms with Crippen LogP contribution in [0.2, 0.25) is 0 Å². The molecule has 0 amide bonds. The maximum atomic E-state index is 11.2. The number of hydrogen-bond acceptors (Lipinski definition) is 8. The first-order valence-corrected chi connectivity index (χ1v) is 12.9. The average molecular weight is 506 g/mol. The van der Waals surface area contributed by atoms with Crippen LogP contribution < -0.4 is 10.1 Å². The van der Waals surface area contributed by atoms with E-state index in [-0.39, 0.29) is 12.1 Å². The highest BCUT2D eigenvalue weighted by atomic mass is 16.5. The molecule has 1 aromatic heterocycles. The van der Waals surface area contributed by atoms with E-state index in [0.29, 0.717) is 19.7 Å². The number of morpholine rings is 1. The molecule has 1 aliphatic carbocycles. The van der Waals surface area contributed by atoms with E-state index in [1.165, 1.54) is 11.8 Å². The van der Waals surface area contributed by atoms with E-state index in [1.54, 1.807) is 25.8 Å². The molecule has 8 heteroatoms. The van der Waals surface area contributed by atoms with Crippen LogP contribution in [0.1, 0.15) is 30.9 Å². The lowest BCUT2D eigenvalue weighted by Crippen LogP contribution is -2.49. The Bertz CT molecular complexity index is 1190. The molecular formula is C29H35N3O5. The SMILES string of the molecule is COc1ccc2nccc(C(O)CN3CCOC(CNC(CC4=CC=CCC4)C4=COC=CO4)C3)c2c1. The number of ether oxygens (including phenoxy) is 4. The molecule has 8 nitrogen and oxygen atoms in total. The zero-order valence-electron chi connectivity index (χ0n) is 21.2. The Hall–Kier alpha value is -3.17. The van der Waals surface area contributed by atoms with Gasteiger partial charge < -0.3 is 29.4 Å². The number of aliphatic hydroxyl groups excluding tert-OH is 1. The number of benzene rings is 1. The van der Waals surface area contributed by atoms with Gasteiger partial charge in [-0.1, -0.05) is 23.8 Å². The minimum atomic E-state index is -0.645. The number of allylic oxidation sites excluding steroid dienone is 3. The monoisotopic (exact) mass is 505 g/mol. The van der Waals surface area contributed by atoms with Crippen LogP contribution in [0.4, 0.5) is 0 Å². The quantitative estimate of drug-likeness (QED) is 0.502. The predicted octanol–water partition coefficient (Wildman–Crippen LogP) is 3.96. The van der Waals surface area contributed by atoms with Gasteiger partial charge in [0.05, 0.1) is 37.5 Å². The second-order valence-electron chi connectivity index (χ2n) is 9.55. The number of aromatic nitrogens is 1. The Labute approximate surface area is 217 Å². The van der Waals surface area contributed by atoms with Gasteiger partial charge in [-0.3, -0.25) is 9.88 Å². The molecule has 1 aromatic carbocycles. The molecule has 3 aliphatic rings. The van der Waals surface area contributed by atoms with E-state index in [9.17, 15) is 5.11 Å². The summed E-state index contributed by atoms with van der Waals surface area (Å²) in [6.45, 7) is 3.31. The molecule has 3 unspecified atom stereocenters. The number of β-amino-alcohol motifs (C(OH)–C–C–N with tert-alkyl or cyclic N) is 1. The molecular weight excluding hydrogens is 470 g/mol. The van der Waals surface area contributed by atoms with Crippen LogP contribution in [0.25, 0.3) is 10.9 Å². The zero-order chi connectivity index (χ0) is 25.5. The third-order valence-electron chi connectivity index (χ3n) is 7.02. The summed E-state index contributed by atoms with van der Waals surface area (Å²) in [5, 5.41) is 15.7. The van der Waals surface area contributed by atoms with Crippen LogP contribution in [0, 0.1) is 0 Å². The van der Waals surface area contributed by atoms with Crippen molar-refractivity contribution < 1.29 is 24.1 Å². The molecule has 37 heavy (non-hydrogen) atoms. The molecule has 2 aliphatic heterocycles. The number of nitrogens with one attached hydrogen (secondary N) is 1. The van der Waals surface area contributed by atoms with Gasteiger partial charge >= 0.3 is 0 Å². The Morgan fingerprint density at radius 1 is 1.27 bits per heavy atom. The highest BCUT2D eigenvalue weighted by molar-refractivity contribution is 5.83. The first-order valence-electron chi connectivity index (χ1n) is 12.9. The number of nitrogens with zero attached hydrogens (tertiary/aromatic N) is 2. The van der Waals surface area contributed by atoms with E-state index in [1.807, 2.05) is 24.3 Å². The molecule has 2 N–H and O–H groups in total. The topological polar surface area (TPSA) is 85.3 Å². The lowest BCUT2D eigenvalue weighted by atomic mass is 9.97. The van der Waals surface area contributed by atoms with Crippen molar-refractivity contribution in [3.8, 4) is 5.75 Å². The van der Waals surface area contributed by atoms with Crippen molar-refractivity contribution >= 4 is 10.9 Å². The number of methoxy groups -OCH3 is 1. The van der Waals surface area contributed by atoms with Gasteiger partial charge in [0, 0.05) is 37.8 Å². The van der Waals surface area contributed by atoms with E-state index in [4.69, 9.17) is 18.9 Å². The second kappa shape index (κ2) is 12.4. The number of pyridine rings is 1. The third-order valence-corrected chi connectivity index (χ3v) is 7.02. The molecule has 0 bridgehead atoms. The van der Waals surface area contributed by atoms with Crippen molar-refractivity contribution in [3.05, 3.63) is 84.4 Å². The van der Waals surface area contributed by atoms with Crippen molar-refractivity contribution in [1.82, 2.24) is 15.2 Å². The summed E-state index contributed by atoms with van der Waals surface area (Å²) in [5.74, 6) is 1.51. The lowest BCUT2D eigenvalue weighted by molar-refractivity contribution is -0.0403. The van der Waals surface area contributed by atoms with Gasteiger partial charge in [0.25, 0.3) is 0 Å². The molecule has 2 aromatic rings. The maximum absolute atomic E-state index is 11.2. The van der Waals surface area contributed by atoms with E-state index in [2.05, 4.69) is 33.4 Å². The van der Waals surface area contributed by atoms with Crippen molar-refractivity contribution in [3.63, 3.8) is 0 Å². The van der Waals surface area contributed by atoms with Crippen molar-refractivity contribution in [2.75, 3.05) is 39.9 Å². The molecule has 196 valence electrons. The van der Waals surface area contributed by atoms with Crippen LogP contribution in [0.5, 0.6) is 5.75 Å². The van der Waals surface area contributed by atoms with Crippen LogP contribution in [-0.2, 0) is 14.2 Å². The second-order valence-corrected chi connectivity index (χ2v) is 9.55. The Balaban J connectivity index is 1.20. The molecule has 1 saturated heterocycles. The summed E-state index contributed by atoms with van der Waals surface area (Å²) >= 11 is 0. The molecule has 1 fully saturated rings. The number of hydrogen-bond donors (Lipinski definition) is 2. The fourth-order valence-corrected chi connectivity index (χ4v) is 5.05. The van der Waals surface area contributed by atoms with Gasteiger partial charge in [-0.2, -0.15) is 0 Å². The van der Waals surface area contributed by atoms with Gasteiger partial charge in [0.1, 0.15) is 24.5 Å². The van der Waals surface area contributed by atoms with Crippen LogP contribution in [-0.4, -0.2) is 67.0 Å². The van der Waals surface area contributed by atoms with Gasteiger partial charge in [-0.05, 0) is 49.1 Å². The normalized spacial score (nSPS) is 21.5. The van der Waals surface area contributed by atoms with E-state index < -0.39 is 6.10 Å². The summed E-state index contributed by atoms with van der Waals surface area (Å²) < 4.78 is 22.6. The fourth-order valence-electron chi connectivity index (χ4n) is 5.05. The fraction of sp³-hybridized carbons (Fsp3) is 0.414. The summed E-state index contributed by atoms with van der Waals surface area (Å²) in [6, 6.07) is 7.62. The van der Waals surface area contributed by atoms with Crippen molar-refractivity contribution in [2.45, 2.75) is 37.5 Å². The largest absolute Gasteiger partial charge is 0.497 e. The lowest BCUT2D eigenvalue weighted by Gasteiger charge is -2.35. The van der Waals surface area contributed by atoms with Crippen LogP contribution in [0.3, 0.4) is 0 Å². The zero-order valence-corrected chi connectivity index (χ0v) is 21.2. The highest BCUT2D eigenvalue weighted by Crippen LogP contribution is 2.28. The molecule has 0 radical (unpaired) electrons. The minimum Gasteiger partial charge on any atom is -0.497 e. The van der Waals surface area contributed by atoms with Crippen molar-refractivity contribution in [1.29, 1.82) is 0 Å². The van der Waals surface area contributed by atoms with Crippen LogP contribution >= 0.6 is 0 Å². The molecule has 3 heterocycles. The minimum absolute atomic E-state index is 0.00129. The third kappa shape index (κ3) is 6.59. The number of fused-ring (bicyclic) bond motifs is 1. The smallest absolute Gasteiger partial charge is 0.155 e. The Morgan fingerprint density at radius 2 is 2.22 bits per heavy atom. The van der Waals surface area contributed by atoms with Gasteiger partial charge in [-0.25, -0.2) is 0 Å². The van der Waals surface area contributed by atoms with Gasteiger partial charge in [-0.15, -0.1) is 0 Å². The standard InChI is InChI=1S/C29H35N3O5/c1-34-22-7-8-26-25(16-22)24(9-10-30-26)28(33)19-32-11-12-36-23(18-32)17-31-27(29-20-35-13-14-37-29)15-21-5-3-2-4-6-21/h2-3,5,7-10,13-14,16,20,23,27-28,31,33H,4,6,11-12,15,17-19H2,1H3. The molecule has 5 rings (SSSR count). The summed E-state index contributed by atoms with van der Waals surface area (Å²) in [6.07, 6.45) is 15.3. The van der Waals surface area contributed by atoms with E-state index >= 15 is 0 Å². The summed E-state index contributed by atoms with van der Waals surface area (Å²) in [5.41, 5.74) is 3.08. The average Bonchev–Trinajstić information content (AvgIpc) is 2.95. The Morgan fingerprint density at radius 3 is 3.03 bits per heavy atom. The Kier molecular flexibility index (Phi) is 8.53. The first kappa shape index (κ1) is 25.5. The number of rotatable bonds is 10. The molecule has 3 atom stereocenters. The predicted molar refractivity (Wildman–Crippen MR) is 142 cm³/mol. The molecule has 0 spiro atoms. The first-order chi connectivity index (χ1) is 18.2. The highest BCUT2D eigenvalue weighted by Gasteiger charge is 2.26. The number of aliphatic hydroxyl groups is 1. The van der Waals surface area contributed by atoms with Gasteiger partial charge in [0.2, 0.25) is 0 Å². The van der Waals surface area contributed by atoms with E-state index in [0.717, 1.165) is 60.3 Å². The summed E-state index contributed by atoms with van der Waals surface area (Å²) in [4.78, 5) is 6.70. The van der Waals surface area contributed by atoms with Crippen molar-refractivity contribution in [2.24, 2.45) is 0 Å².